The highest BCUT2D eigenvalue weighted by Gasteiger charge is 2.06. The first kappa shape index (κ1) is 8.65. The van der Waals surface area contributed by atoms with E-state index in [1.165, 1.54) is 0 Å². The summed E-state index contributed by atoms with van der Waals surface area (Å²) in [7, 11) is 0. The summed E-state index contributed by atoms with van der Waals surface area (Å²) >= 11 is 9.21. The van der Waals surface area contributed by atoms with Crippen LogP contribution in [0.1, 0.15) is 0 Å². The van der Waals surface area contributed by atoms with Crippen LogP contribution in [0.15, 0.2) is 29.1 Å². The Balaban J connectivity index is 2.53. The first-order chi connectivity index (χ1) is 6.29. The molecule has 66 valence electrons. The van der Waals surface area contributed by atoms with E-state index in [9.17, 15) is 0 Å². The van der Waals surface area contributed by atoms with Crippen LogP contribution < -0.4 is 0 Å². The molecule has 4 nitrogen and oxygen atoms in total. The predicted molar refractivity (Wildman–Crippen MR) is 51.9 cm³/mol. The van der Waals surface area contributed by atoms with Crippen LogP contribution in [-0.4, -0.2) is 20.0 Å². The molecule has 0 radical (unpaired) electrons. The summed E-state index contributed by atoms with van der Waals surface area (Å²) in [5.74, 6) is 0. The summed E-state index contributed by atoms with van der Waals surface area (Å²) in [6, 6.07) is 1.78. The van der Waals surface area contributed by atoms with Crippen molar-refractivity contribution in [1.29, 1.82) is 0 Å². The van der Waals surface area contributed by atoms with Gasteiger partial charge in [0, 0.05) is 0 Å². The van der Waals surface area contributed by atoms with Crippen LogP contribution in [-0.2, 0) is 0 Å². The van der Waals surface area contributed by atoms with Crippen LogP contribution in [0.2, 0.25) is 5.15 Å². The summed E-state index contributed by atoms with van der Waals surface area (Å²) in [6.07, 6.45) is 4.80. The van der Waals surface area contributed by atoms with E-state index in [0.29, 0.717) is 5.15 Å². The number of nitrogens with zero attached hydrogens (tertiary/aromatic N) is 4. The molecule has 13 heavy (non-hydrogen) atoms. The third kappa shape index (κ3) is 1.57. The van der Waals surface area contributed by atoms with Crippen molar-refractivity contribution in [2.24, 2.45) is 0 Å². The maximum absolute atomic E-state index is 5.95. The van der Waals surface area contributed by atoms with Gasteiger partial charge in [0.25, 0.3) is 0 Å². The Morgan fingerprint density at radius 3 is 2.69 bits per heavy atom. The summed E-state index contributed by atoms with van der Waals surface area (Å²) in [6.45, 7) is 0. The quantitative estimate of drug-likeness (QED) is 0.787. The standard InChI is InChI=1S/C7H4BrClN4/c8-6-4-12-13(7(6)9)5-1-2-10-11-3-5/h1-4H. The Labute approximate surface area is 87.7 Å². The molecule has 0 bridgehead atoms. The molecule has 0 aliphatic carbocycles. The fourth-order valence-electron chi connectivity index (χ4n) is 0.903. The van der Waals surface area contributed by atoms with Crippen LogP contribution in [0.3, 0.4) is 0 Å². The van der Waals surface area contributed by atoms with Gasteiger partial charge in [0.05, 0.1) is 28.8 Å². The van der Waals surface area contributed by atoms with Crippen molar-refractivity contribution in [1.82, 2.24) is 20.0 Å². The second-order valence-corrected chi connectivity index (χ2v) is 3.51. The molecule has 0 saturated carbocycles. The van der Waals surface area contributed by atoms with Gasteiger partial charge >= 0.3 is 0 Å². The lowest BCUT2D eigenvalue weighted by Gasteiger charge is -1.99. The zero-order chi connectivity index (χ0) is 9.26. The summed E-state index contributed by atoms with van der Waals surface area (Å²) < 4.78 is 2.33. The van der Waals surface area contributed by atoms with Gasteiger partial charge in [-0.2, -0.15) is 15.3 Å². The zero-order valence-corrected chi connectivity index (χ0v) is 8.70. The van der Waals surface area contributed by atoms with E-state index in [4.69, 9.17) is 11.6 Å². The highest BCUT2D eigenvalue weighted by Crippen LogP contribution is 2.23. The van der Waals surface area contributed by atoms with Gasteiger partial charge in [-0.25, -0.2) is 4.68 Å². The number of halogens is 2. The van der Waals surface area contributed by atoms with Crippen molar-refractivity contribution >= 4 is 27.5 Å². The van der Waals surface area contributed by atoms with E-state index in [2.05, 4.69) is 31.2 Å². The van der Waals surface area contributed by atoms with Crippen LogP contribution >= 0.6 is 27.5 Å². The van der Waals surface area contributed by atoms with Gasteiger partial charge in [0.15, 0.2) is 0 Å². The molecule has 0 N–H and O–H groups in total. The Morgan fingerprint density at radius 2 is 2.15 bits per heavy atom. The van der Waals surface area contributed by atoms with Gasteiger partial charge in [-0.3, -0.25) is 0 Å². The SMILES string of the molecule is Clc1c(Br)cnn1-c1ccnnc1. The number of rotatable bonds is 1. The van der Waals surface area contributed by atoms with Gasteiger partial charge in [-0.1, -0.05) is 11.6 Å². The lowest BCUT2D eigenvalue weighted by Crippen LogP contribution is -1.96. The van der Waals surface area contributed by atoms with Crippen molar-refractivity contribution in [3.05, 3.63) is 34.3 Å². The van der Waals surface area contributed by atoms with Crippen LogP contribution in [0, 0.1) is 0 Å². The minimum absolute atomic E-state index is 0.521. The van der Waals surface area contributed by atoms with Crippen LogP contribution in [0.25, 0.3) is 5.69 Å². The Bertz CT molecular complexity index is 414. The highest BCUT2D eigenvalue weighted by atomic mass is 79.9. The molecule has 0 unspecified atom stereocenters. The molecule has 6 heteroatoms. The lowest BCUT2D eigenvalue weighted by molar-refractivity contribution is 0.860. The summed E-state index contributed by atoms with van der Waals surface area (Å²) in [5.41, 5.74) is 0.783. The largest absolute Gasteiger partial charge is 0.219 e. The molecule has 2 rings (SSSR count). The Kier molecular flexibility index (Phi) is 2.28. The molecule has 2 heterocycles. The molecule has 0 fully saturated rings. The van der Waals surface area contributed by atoms with E-state index >= 15 is 0 Å². The van der Waals surface area contributed by atoms with Gasteiger partial charge in [0.2, 0.25) is 0 Å². The zero-order valence-electron chi connectivity index (χ0n) is 6.35. The highest BCUT2D eigenvalue weighted by molar-refractivity contribution is 9.10. The molecule has 0 amide bonds. The maximum atomic E-state index is 5.95. The Morgan fingerprint density at radius 1 is 1.31 bits per heavy atom. The fourth-order valence-corrected chi connectivity index (χ4v) is 1.35. The van der Waals surface area contributed by atoms with Gasteiger partial charge in [-0.05, 0) is 22.0 Å². The predicted octanol–water partition coefficient (Wildman–Crippen LogP) is 2.08. The topological polar surface area (TPSA) is 43.6 Å². The molecule has 0 atom stereocenters. The third-order valence-electron chi connectivity index (χ3n) is 1.48. The normalized spacial score (nSPS) is 10.3. The van der Waals surface area contributed by atoms with Gasteiger partial charge in [0.1, 0.15) is 5.15 Å². The van der Waals surface area contributed by atoms with Gasteiger partial charge < -0.3 is 0 Å². The monoisotopic (exact) mass is 258 g/mol. The molecule has 0 aliphatic rings. The minimum atomic E-state index is 0.521. The molecule has 0 aromatic carbocycles. The van der Waals surface area contributed by atoms with E-state index < -0.39 is 0 Å². The number of aromatic nitrogens is 4. The lowest BCUT2D eigenvalue weighted by atomic mass is 10.5. The second kappa shape index (κ2) is 3.43. The average molecular weight is 259 g/mol. The summed E-state index contributed by atoms with van der Waals surface area (Å²) in [5, 5.41) is 12.0. The van der Waals surface area contributed by atoms with Crippen LogP contribution in [0.4, 0.5) is 0 Å². The molecular formula is C7H4BrClN4. The van der Waals surface area contributed by atoms with Crippen molar-refractivity contribution in [2.75, 3.05) is 0 Å². The van der Waals surface area contributed by atoms with E-state index in [1.807, 2.05) is 0 Å². The molecule has 2 aromatic heterocycles. The first-order valence-electron chi connectivity index (χ1n) is 3.45. The van der Waals surface area contributed by atoms with Crippen molar-refractivity contribution in [2.45, 2.75) is 0 Å². The van der Waals surface area contributed by atoms with Crippen LogP contribution in [0.5, 0.6) is 0 Å². The van der Waals surface area contributed by atoms with Crippen molar-refractivity contribution in [3.8, 4) is 5.69 Å². The molecule has 0 spiro atoms. The molecular weight excluding hydrogens is 255 g/mol. The molecule has 0 aliphatic heterocycles. The van der Waals surface area contributed by atoms with E-state index in [1.54, 1.807) is 29.3 Å². The van der Waals surface area contributed by atoms with Crippen molar-refractivity contribution in [3.63, 3.8) is 0 Å². The average Bonchev–Trinajstić information content (AvgIpc) is 2.49. The molecule has 0 saturated heterocycles. The second-order valence-electron chi connectivity index (χ2n) is 2.30. The van der Waals surface area contributed by atoms with E-state index in [-0.39, 0.29) is 0 Å². The fraction of sp³-hybridized carbons (Fsp3) is 0. The smallest absolute Gasteiger partial charge is 0.147 e. The number of hydrogen-bond acceptors (Lipinski definition) is 3. The first-order valence-corrected chi connectivity index (χ1v) is 4.62. The minimum Gasteiger partial charge on any atom is -0.219 e. The molecule has 2 aromatic rings. The van der Waals surface area contributed by atoms with Gasteiger partial charge in [-0.15, -0.1) is 0 Å². The Hall–Kier alpha value is -0.940. The van der Waals surface area contributed by atoms with Crippen molar-refractivity contribution < 1.29 is 0 Å². The third-order valence-corrected chi connectivity index (χ3v) is 2.66. The maximum Gasteiger partial charge on any atom is 0.147 e. The summed E-state index contributed by atoms with van der Waals surface area (Å²) in [4.78, 5) is 0. The number of hydrogen-bond donors (Lipinski definition) is 0. The van der Waals surface area contributed by atoms with E-state index in [0.717, 1.165) is 10.2 Å².